The highest BCUT2D eigenvalue weighted by molar-refractivity contribution is 7.89. The SMILES string of the molecule is N#Cc1cc(S(N)(=O)=O)ccc1NCCCN1CCCCCC1=O. The molecule has 0 radical (unpaired) electrons. The van der Waals surface area contributed by atoms with Crippen LogP contribution in [0.5, 0.6) is 0 Å². The first-order chi connectivity index (χ1) is 11.4. The molecule has 0 spiro atoms. The minimum Gasteiger partial charge on any atom is -0.384 e. The van der Waals surface area contributed by atoms with Crippen LogP contribution in [0.1, 0.15) is 37.7 Å². The second-order valence-electron chi connectivity index (χ2n) is 5.84. The first-order valence-electron chi connectivity index (χ1n) is 8.00. The van der Waals surface area contributed by atoms with Crippen LogP contribution < -0.4 is 10.5 Å². The van der Waals surface area contributed by atoms with Crippen LogP contribution in [0.15, 0.2) is 23.1 Å². The topological polar surface area (TPSA) is 116 Å². The number of amides is 1. The maximum atomic E-state index is 11.9. The zero-order valence-electron chi connectivity index (χ0n) is 13.5. The molecular formula is C16H22N4O3S. The summed E-state index contributed by atoms with van der Waals surface area (Å²) in [4.78, 5) is 13.7. The molecule has 1 aliphatic heterocycles. The average molecular weight is 350 g/mol. The predicted molar refractivity (Wildman–Crippen MR) is 90.7 cm³/mol. The van der Waals surface area contributed by atoms with Crippen molar-refractivity contribution in [2.75, 3.05) is 25.0 Å². The summed E-state index contributed by atoms with van der Waals surface area (Å²) in [6, 6.07) is 6.14. The van der Waals surface area contributed by atoms with Crippen LogP contribution in [0.25, 0.3) is 0 Å². The molecule has 1 fully saturated rings. The summed E-state index contributed by atoms with van der Waals surface area (Å²) in [7, 11) is -3.82. The highest BCUT2D eigenvalue weighted by Crippen LogP contribution is 2.19. The van der Waals surface area contributed by atoms with Crippen molar-refractivity contribution in [2.24, 2.45) is 5.14 Å². The van der Waals surface area contributed by atoms with Gasteiger partial charge in [-0.2, -0.15) is 5.26 Å². The van der Waals surface area contributed by atoms with Gasteiger partial charge in [-0.05, 0) is 37.5 Å². The lowest BCUT2D eigenvalue weighted by molar-refractivity contribution is -0.130. The Labute approximate surface area is 142 Å². The van der Waals surface area contributed by atoms with Crippen LogP contribution in [0.4, 0.5) is 5.69 Å². The summed E-state index contributed by atoms with van der Waals surface area (Å²) in [5.74, 6) is 0.211. The molecule has 24 heavy (non-hydrogen) atoms. The summed E-state index contributed by atoms with van der Waals surface area (Å²) in [5.41, 5.74) is 0.791. The molecule has 1 aliphatic rings. The number of sulfonamides is 1. The van der Waals surface area contributed by atoms with Gasteiger partial charge in [0.05, 0.1) is 16.1 Å². The number of nitrogens with two attached hydrogens (primary N) is 1. The normalized spacial score (nSPS) is 15.7. The summed E-state index contributed by atoms with van der Waals surface area (Å²) >= 11 is 0. The molecule has 0 unspecified atom stereocenters. The number of likely N-dealkylation sites (tertiary alicyclic amines) is 1. The Morgan fingerprint density at radius 1 is 1.29 bits per heavy atom. The standard InChI is InChI=1S/C16H22N4O3S/c17-12-13-11-14(24(18,22)23)6-7-15(13)19-8-4-10-20-9-3-1-2-5-16(20)21/h6-7,11,19H,1-5,8-10H2,(H2,18,22,23). The summed E-state index contributed by atoms with van der Waals surface area (Å²) in [6.07, 6.45) is 4.50. The minimum atomic E-state index is -3.82. The third-order valence-corrected chi connectivity index (χ3v) is 4.94. The van der Waals surface area contributed by atoms with Gasteiger partial charge in [-0.25, -0.2) is 13.6 Å². The van der Waals surface area contributed by atoms with Crippen LogP contribution in [0.2, 0.25) is 0 Å². The van der Waals surface area contributed by atoms with Crippen LogP contribution in [-0.4, -0.2) is 38.9 Å². The zero-order chi connectivity index (χ0) is 17.6. The highest BCUT2D eigenvalue weighted by Gasteiger charge is 2.16. The number of nitriles is 1. The molecule has 1 amide bonds. The number of anilines is 1. The molecule has 2 rings (SSSR count). The quantitative estimate of drug-likeness (QED) is 0.752. The van der Waals surface area contributed by atoms with Crippen molar-refractivity contribution in [3.8, 4) is 6.07 Å². The number of carbonyl (C=O) groups excluding carboxylic acids is 1. The fourth-order valence-electron chi connectivity index (χ4n) is 2.71. The van der Waals surface area contributed by atoms with E-state index >= 15 is 0 Å². The van der Waals surface area contributed by atoms with Crippen molar-refractivity contribution < 1.29 is 13.2 Å². The highest BCUT2D eigenvalue weighted by atomic mass is 32.2. The summed E-state index contributed by atoms with van der Waals surface area (Å²) < 4.78 is 22.6. The van der Waals surface area contributed by atoms with Gasteiger partial charge in [-0.1, -0.05) is 6.42 Å². The predicted octanol–water partition coefficient (Wildman–Crippen LogP) is 1.41. The Bertz CT molecular complexity index is 740. The third kappa shape index (κ3) is 4.94. The molecule has 0 saturated carbocycles. The molecule has 1 saturated heterocycles. The van der Waals surface area contributed by atoms with E-state index in [-0.39, 0.29) is 16.4 Å². The molecule has 130 valence electrons. The number of rotatable bonds is 6. The Balaban J connectivity index is 1.90. The number of nitrogens with zero attached hydrogens (tertiary/aromatic N) is 2. The van der Waals surface area contributed by atoms with E-state index in [1.165, 1.54) is 18.2 Å². The van der Waals surface area contributed by atoms with E-state index < -0.39 is 10.0 Å². The first-order valence-corrected chi connectivity index (χ1v) is 9.55. The molecule has 0 bridgehead atoms. The van der Waals surface area contributed by atoms with Crippen molar-refractivity contribution in [3.63, 3.8) is 0 Å². The lowest BCUT2D eigenvalue weighted by Crippen LogP contribution is -2.32. The van der Waals surface area contributed by atoms with E-state index in [2.05, 4.69) is 5.32 Å². The van der Waals surface area contributed by atoms with Gasteiger partial charge in [0.2, 0.25) is 15.9 Å². The van der Waals surface area contributed by atoms with Crippen LogP contribution in [0, 0.1) is 11.3 Å². The second kappa shape index (κ2) is 8.13. The maximum Gasteiger partial charge on any atom is 0.238 e. The lowest BCUT2D eigenvalue weighted by atomic mass is 10.2. The molecule has 0 aromatic heterocycles. The number of hydrogen-bond acceptors (Lipinski definition) is 5. The lowest BCUT2D eigenvalue weighted by Gasteiger charge is -2.20. The van der Waals surface area contributed by atoms with Crippen molar-refractivity contribution in [1.29, 1.82) is 5.26 Å². The van der Waals surface area contributed by atoms with Crippen molar-refractivity contribution in [3.05, 3.63) is 23.8 Å². The second-order valence-corrected chi connectivity index (χ2v) is 7.40. The number of primary sulfonamides is 1. The Morgan fingerprint density at radius 2 is 2.08 bits per heavy atom. The van der Waals surface area contributed by atoms with E-state index in [9.17, 15) is 13.2 Å². The van der Waals surface area contributed by atoms with Crippen molar-refractivity contribution in [2.45, 2.75) is 37.0 Å². The first kappa shape index (κ1) is 18.2. The fourth-order valence-corrected chi connectivity index (χ4v) is 3.25. The third-order valence-electron chi connectivity index (χ3n) is 4.03. The average Bonchev–Trinajstić information content (AvgIpc) is 2.75. The molecular weight excluding hydrogens is 328 g/mol. The molecule has 8 heteroatoms. The molecule has 0 atom stereocenters. The Morgan fingerprint density at radius 3 is 2.79 bits per heavy atom. The molecule has 7 nitrogen and oxygen atoms in total. The maximum absolute atomic E-state index is 11.9. The molecule has 1 aromatic rings. The van der Waals surface area contributed by atoms with E-state index in [0.29, 0.717) is 25.2 Å². The Hall–Kier alpha value is -2.11. The molecule has 3 N–H and O–H groups in total. The zero-order valence-corrected chi connectivity index (χ0v) is 14.3. The molecule has 1 heterocycles. The van der Waals surface area contributed by atoms with Crippen LogP contribution in [-0.2, 0) is 14.8 Å². The van der Waals surface area contributed by atoms with E-state index in [0.717, 1.165) is 32.2 Å². The summed E-state index contributed by atoms with van der Waals surface area (Å²) in [6.45, 7) is 2.08. The molecule has 0 aliphatic carbocycles. The number of benzene rings is 1. The monoisotopic (exact) mass is 350 g/mol. The smallest absolute Gasteiger partial charge is 0.238 e. The van der Waals surface area contributed by atoms with Gasteiger partial charge < -0.3 is 10.2 Å². The van der Waals surface area contributed by atoms with Gasteiger partial charge in [0, 0.05) is 26.1 Å². The van der Waals surface area contributed by atoms with E-state index in [1.54, 1.807) is 0 Å². The van der Waals surface area contributed by atoms with E-state index in [1.807, 2.05) is 11.0 Å². The van der Waals surface area contributed by atoms with Crippen molar-refractivity contribution in [1.82, 2.24) is 4.90 Å². The van der Waals surface area contributed by atoms with Gasteiger partial charge in [-0.3, -0.25) is 4.79 Å². The van der Waals surface area contributed by atoms with Gasteiger partial charge in [0.25, 0.3) is 0 Å². The molecule has 1 aromatic carbocycles. The largest absolute Gasteiger partial charge is 0.384 e. The van der Waals surface area contributed by atoms with Gasteiger partial charge in [0.1, 0.15) is 6.07 Å². The van der Waals surface area contributed by atoms with E-state index in [4.69, 9.17) is 10.4 Å². The van der Waals surface area contributed by atoms with Crippen molar-refractivity contribution >= 4 is 21.6 Å². The Kier molecular flexibility index (Phi) is 6.17. The number of hydrogen-bond donors (Lipinski definition) is 2. The minimum absolute atomic E-state index is 0.0836. The fraction of sp³-hybridized carbons (Fsp3) is 0.500. The van der Waals surface area contributed by atoms with Crippen LogP contribution >= 0.6 is 0 Å². The number of carbonyl (C=O) groups is 1. The van der Waals surface area contributed by atoms with Gasteiger partial charge >= 0.3 is 0 Å². The van der Waals surface area contributed by atoms with Gasteiger partial charge in [-0.15, -0.1) is 0 Å². The summed E-state index contributed by atoms with van der Waals surface area (Å²) in [5, 5.41) is 17.3. The van der Waals surface area contributed by atoms with Crippen LogP contribution in [0.3, 0.4) is 0 Å². The number of nitrogens with one attached hydrogen (secondary N) is 1. The van der Waals surface area contributed by atoms with Gasteiger partial charge in [0.15, 0.2) is 0 Å².